The molecule has 0 bridgehead atoms. The van der Waals surface area contributed by atoms with Crippen molar-refractivity contribution in [2.45, 2.75) is 32.8 Å². The minimum absolute atomic E-state index is 0.294. The Balaban J connectivity index is 2.25. The second kappa shape index (κ2) is 5.10. The molecular formula is C11H23NO2. The molecule has 2 atom stereocenters. The average Bonchev–Trinajstić information content (AvgIpc) is 2.54. The molecular weight excluding hydrogens is 178 g/mol. The van der Waals surface area contributed by atoms with Crippen molar-refractivity contribution >= 4 is 0 Å². The van der Waals surface area contributed by atoms with E-state index >= 15 is 0 Å². The predicted octanol–water partition coefficient (Wildman–Crippen LogP) is 1.02. The third-order valence-corrected chi connectivity index (χ3v) is 2.84. The summed E-state index contributed by atoms with van der Waals surface area (Å²) in [6.45, 7) is 9.37. The lowest BCUT2D eigenvalue weighted by atomic mass is 9.88. The molecule has 3 nitrogen and oxygen atoms in total. The highest BCUT2D eigenvalue weighted by Crippen LogP contribution is 2.25. The van der Waals surface area contributed by atoms with Crippen molar-refractivity contribution in [1.82, 2.24) is 5.32 Å². The number of ether oxygens (including phenoxy) is 1. The molecule has 1 saturated heterocycles. The molecule has 1 heterocycles. The number of aliphatic hydroxyl groups is 1. The molecule has 3 heteroatoms. The lowest BCUT2D eigenvalue weighted by molar-refractivity contribution is -0.00429. The first kappa shape index (κ1) is 12.0. The number of nitrogens with one attached hydrogen (secondary N) is 1. The normalized spacial score (nSPS) is 26.8. The fraction of sp³-hybridized carbons (Fsp3) is 1.00. The van der Waals surface area contributed by atoms with Crippen LogP contribution in [0.5, 0.6) is 0 Å². The molecule has 0 amide bonds. The van der Waals surface area contributed by atoms with Crippen LogP contribution in [-0.2, 0) is 4.74 Å². The van der Waals surface area contributed by atoms with Gasteiger partial charge in [-0.05, 0) is 25.8 Å². The van der Waals surface area contributed by atoms with Gasteiger partial charge >= 0.3 is 0 Å². The fourth-order valence-electron chi connectivity index (χ4n) is 1.78. The standard InChI is InChI=1S/C11H23NO2/c1-9(2)6-12-8-11(3,13)10-4-5-14-7-10/h9-10,12-13H,4-8H2,1-3H3. The first-order chi connectivity index (χ1) is 6.52. The third kappa shape index (κ3) is 3.56. The van der Waals surface area contributed by atoms with Crippen molar-refractivity contribution in [1.29, 1.82) is 0 Å². The van der Waals surface area contributed by atoms with Gasteiger partial charge in [-0.15, -0.1) is 0 Å². The molecule has 0 aliphatic carbocycles. The van der Waals surface area contributed by atoms with Crippen LogP contribution in [0, 0.1) is 11.8 Å². The van der Waals surface area contributed by atoms with Crippen molar-refractivity contribution in [3.8, 4) is 0 Å². The van der Waals surface area contributed by atoms with Crippen LogP contribution in [0.15, 0.2) is 0 Å². The van der Waals surface area contributed by atoms with E-state index in [0.717, 1.165) is 19.6 Å². The maximum absolute atomic E-state index is 10.2. The summed E-state index contributed by atoms with van der Waals surface area (Å²) in [6.07, 6.45) is 0.982. The SMILES string of the molecule is CC(C)CNCC(C)(O)C1CCOC1. The van der Waals surface area contributed by atoms with Crippen molar-refractivity contribution in [2.75, 3.05) is 26.3 Å². The van der Waals surface area contributed by atoms with E-state index in [2.05, 4.69) is 19.2 Å². The highest BCUT2D eigenvalue weighted by atomic mass is 16.5. The van der Waals surface area contributed by atoms with Crippen LogP contribution in [0.3, 0.4) is 0 Å². The van der Waals surface area contributed by atoms with Gasteiger partial charge < -0.3 is 15.2 Å². The first-order valence-corrected chi connectivity index (χ1v) is 5.53. The summed E-state index contributed by atoms with van der Waals surface area (Å²) in [5.74, 6) is 0.924. The summed E-state index contributed by atoms with van der Waals surface area (Å²) in [5, 5.41) is 13.5. The van der Waals surface area contributed by atoms with Crippen LogP contribution in [0.25, 0.3) is 0 Å². The minimum atomic E-state index is -0.620. The van der Waals surface area contributed by atoms with E-state index in [4.69, 9.17) is 4.74 Å². The summed E-state index contributed by atoms with van der Waals surface area (Å²) in [4.78, 5) is 0. The lowest BCUT2D eigenvalue weighted by Crippen LogP contribution is -2.45. The van der Waals surface area contributed by atoms with E-state index in [0.29, 0.717) is 25.0 Å². The Bertz CT molecular complexity index is 163. The summed E-state index contributed by atoms with van der Waals surface area (Å²) < 4.78 is 5.28. The monoisotopic (exact) mass is 201 g/mol. The lowest BCUT2D eigenvalue weighted by Gasteiger charge is -2.29. The minimum Gasteiger partial charge on any atom is -0.388 e. The molecule has 1 fully saturated rings. The molecule has 14 heavy (non-hydrogen) atoms. The van der Waals surface area contributed by atoms with Crippen LogP contribution in [-0.4, -0.2) is 37.0 Å². The Morgan fingerprint density at radius 1 is 1.57 bits per heavy atom. The second-order valence-electron chi connectivity index (χ2n) is 4.94. The van der Waals surface area contributed by atoms with Crippen molar-refractivity contribution in [2.24, 2.45) is 11.8 Å². The second-order valence-corrected chi connectivity index (χ2v) is 4.94. The molecule has 0 spiro atoms. The van der Waals surface area contributed by atoms with Crippen molar-refractivity contribution in [3.05, 3.63) is 0 Å². The first-order valence-electron chi connectivity index (χ1n) is 5.53. The fourth-order valence-corrected chi connectivity index (χ4v) is 1.78. The molecule has 0 radical (unpaired) electrons. The maximum atomic E-state index is 10.2. The van der Waals surface area contributed by atoms with Crippen LogP contribution < -0.4 is 5.32 Å². The van der Waals surface area contributed by atoms with E-state index in [9.17, 15) is 5.11 Å². The molecule has 0 aromatic rings. The summed E-state index contributed by atoms with van der Waals surface area (Å²) in [7, 11) is 0. The molecule has 2 N–H and O–H groups in total. The van der Waals surface area contributed by atoms with E-state index in [1.807, 2.05) is 6.92 Å². The molecule has 2 unspecified atom stereocenters. The van der Waals surface area contributed by atoms with E-state index in [1.165, 1.54) is 0 Å². The molecule has 1 rings (SSSR count). The molecule has 0 aromatic carbocycles. The highest BCUT2D eigenvalue weighted by molar-refractivity contribution is 4.86. The van der Waals surface area contributed by atoms with Gasteiger partial charge in [0.1, 0.15) is 0 Å². The van der Waals surface area contributed by atoms with Gasteiger partial charge in [-0.3, -0.25) is 0 Å². The van der Waals surface area contributed by atoms with E-state index < -0.39 is 5.60 Å². The van der Waals surface area contributed by atoms with Gasteiger partial charge in [0.25, 0.3) is 0 Å². The van der Waals surface area contributed by atoms with Crippen molar-refractivity contribution in [3.63, 3.8) is 0 Å². The van der Waals surface area contributed by atoms with E-state index in [-0.39, 0.29) is 0 Å². The van der Waals surface area contributed by atoms with Crippen molar-refractivity contribution < 1.29 is 9.84 Å². The van der Waals surface area contributed by atoms with Gasteiger partial charge in [0, 0.05) is 19.1 Å². The molecule has 1 aliphatic heterocycles. The topological polar surface area (TPSA) is 41.5 Å². The number of hydrogen-bond donors (Lipinski definition) is 2. The molecule has 84 valence electrons. The zero-order valence-electron chi connectivity index (χ0n) is 9.55. The van der Waals surface area contributed by atoms with Crippen LogP contribution >= 0.6 is 0 Å². The van der Waals surface area contributed by atoms with Gasteiger partial charge in [-0.2, -0.15) is 0 Å². The van der Waals surface area contributed by atoms with Gasteiger partial charge in [0.05, 0.1) is 12.2 Å². The Kier molecular flexibility index (Phi) is 4.35. The summed E-state index contributed by atoms with van der Waals surface area (Å²) in [5.41, 5.74) is -0.620. The van der Waals surface area contributed by atoms with Crippen LogP contribution in [0.4, 0.5) is 0 Å². The molecule has 0 saturated carbocycles. The summed E-state index contributed by atoms with van der Waals surface area (Å²) >= 11 is 0. The predicted molar refractivity (Wildman–Crippen MR) is 57.3 cm³/mol. The van der Waals surface area contributed by atoms with Gasteiger partial charge in [0.15, 0.2) is 0 Å². The number of rotatable bonds is 5. The Hall–Kier alpha value is -0.120. The average molecular weight is 201 g/mol. The third-order valence-electron chi connectivity index (χ3n) is 2.84. The van der Waals surface area contributed by atoms with Crippen LogP contribution in [0.1, 0.15) is 27.2 Å². The quantitative estimate of drug-likeness (QED) is 0.698. The number of hydrogen-bond acceptors (Lipinski definition) is 3. The van der Waals surface area contributed by atoms with E-state index in [1.54, 1.807) is 0 Å². The van der Waals surface area contributed by atoms with Crippen LogP contribution in [0.2, 0.25) is 0 Å². The maximum Gasteiger partial charge on any atom is 0.0794 e. The zero-order chi connectivity index (χ0) is 10.6. The van der Waals surface area contributed by atoms with Gasteiger partial charge in [-0.25, -0.2) is 0 Å². The Labute approximate surface area is 86.8 Å². The highest BCUT2D eigenvalue weighted by Gasteiger charge is 2.34. The zero-order valence-corrected chi connectivity index (χ0v) is 9.55. The Morgan fingerprint density at radius 2 is 2.29 bits per heavy atom. The Morgan fingerprint density at radius 3 is 2.79 bits per heavy atom. The largest absolute Gasteiger partial charge is 0.388 e. The smallest absolute Gasteiger partial charge is 0.0794 e. The molecule has 0 aromatic heterocycles. The summed E-state index contributed by atoms with van der Waals surface area (Å²) in [6, 6.07) is 0. The van der Waals surface area contributed by atoms with Gasteiger partial charge in [-0.1, -0.05) is 13.8 Å². The van der Waals surface area contributed by atoms with Gasteiger partial charge in [0.2, 0.25) is 0 Å². The molecule has 1 aliphatic rings.